The number of rotatable bonds is 10. The lowest BCUT2D eigenvalue weighted by molar-refractivity contribution is 0.542. The summed E-state index contributed by atoms with van der Waals surface area (Å²) in [6.45, 7) is 0. The van der Waals surface area contributed by atoms with Gasteiger partial charge in [-0.1, -0.05) is 109 Å². The number of furan rings is 1. The van der Waals surface area contributed by atoms with Gasteiger partial charge in [0, 0.05) is 85.0 Å². The molecule has 0 spiro atoms. The zero-order chi connectivity index (χ0) is 43.1. The van der Waals surface area contributed by atoms with E-state index in [4.69, 9.17) is 4.42 Å². The Hall–Kier alpha value is -8.54. The predicted molar refractivity (Wildman–Crippen MR) is 271 cm³/mol. The lowest BCUT2D eigenvalue weighted by atomic mass is 9.98. The van der Waals surface area contributed by atoms with Crippen LogP contribution in [0.4, 0.5) is 45.5 Å². The van der Waals surface area contributed by atoms with Crippen LogP contribution in [-0.2, 0) is 6.42 Å². The molecule has 1 aliphatic carbocycles. The van der Waals surface area contributed by atoms with Gasteiger partial charge < -0.3 is 23.7 Å². The van der Waals surface area contributed by atoms with Gasteiger partial charge in [-0.15, -0.1) is 0 Å². The second-order valence-corrected chi connectivity index (χ2v) is 16.5. The van der Waals surface area contributed by atoms with Crippen molar-refractivity contribution >= 4 is 84.4 Å². The molecule has 11 aromatic rings. The minimum Gasteiger partial charge on any atom is -0.460 e. The number of para-hydroxylation sites is 6. The molecule has 2 heterocycles. The van der Waals surface area contributed by atoms with E-state index in [0.717, 1.165) is 97.4 Å². The lowest BCUT2D eigenvalue weighted by Crippen LogP contribution is -2.18. The lowest BCUT2D eigenvalue weighted by Gasteiger charge is -2.29. The van der Waals surface area contributed by atoms with Crippen LogP contribution in [0.3, 0.4) is 0 Å². The van der Waals surface area contributed by atoms with E-state index in [1.165, 1.54) is 16.5 Å². The van der Waals surface area contributed by atoms with Gasteiger partial charge in [0.1, 0.15) is 11.3 Å². The zero-order valence-corrected chi connectivity index (χ0v) is 35.7. The van der Waals surface area contributed by atoms with Crippen LogP contribution in [-0.4, -0.2) is 4.57 Å². The van der Waals surface area contributed by atoms with Gasteiger partial charge in [-0.25, -0.2) is 0 Å². The molecule has 1 aliphatic rings. The van der Waals surface area contributed by atoms with E-state index in [1.54, 1.807) is 0 Å². The number of hydrogen-bond acceptors (Lipinski definition) is 4. The van der Waals surface area contributed by atoms with E-state index in [1.807, 2.05) is 0 Å². The number of nitrogens with zero attached hydrogens (tertiary/aromatic N) is 4. The molecule has 0 fully saturated rings. The van der Waals surface area contributed by atoms with Crippen molar-refractivity contribution in [3.05, 3.63) is 254 Å². The van der Waals surface area contributed by atoms with Gasteiger partial charge in [0.05, 0.1) is 11.0 Å². The topological polar surface area (TPSA) is 27.8 Å². The summed E-state index contributed by atoms with van der Waals surface area (Å²) in [6.07, 6.45) is 4.03. The van der Waals surface area contributed by atoms with Crippen molar-refractivity contribution in [1.82, 2.24) is 4.57 Å². The molecule has 0 saturated carbocycles. The van der Waals surface area contributed by atoms with E-state index >= 15 is 0 Å². The maximum Gasteiger partial charge on any atom is 0.135 e. The molecule has 0 unspecified atom stereocenters. The highest BCUT2D eigenvalue weighted by atomic mass is 16.3. The molecule has 12 rings (SSSR count). The average Bonchev–Trinajstić information content (AvgIpc) is 3.91. The molecule has 0 atom stereocenters. The summed E-state index contributed by atoms with van der Waals surface area (Å²) in [5, 5.41) is 3.44. The minimum atomic E-state index is 0.819. The fourth-order valence-electron chi connectivity index (χ4n) is 9.69. The van der Waals surface area contributed by atoms with Gasteiger partial charge in [-0.05, 0) is 140 Å². The van der Waals surface area contributed by atoms with Gasteiger partial charge in [-0.2, -0.15) is 0 Å². The summed E-state index contributed by atoms with van der Waals surface area (Å²) < 4.78 is 9.02. The molecule has 9 aromatic carbocycles. The predicted octanol–water partition coefficient (Wildman–Crippen LogP) is 16.6. The number of aromatic nitrogens is 1. The third-order valence-electron chi connectivity index (χ3n) is 12.6. The Morgan fingerprint density at radius 1 is 0.338 bits per heavy atom. The van der Waals surface area contributed by atoms with Crippen LogP contribution in [0, 0.1) is 0 Å². The van der Waals surface area contributed by atoms with E-state index < -0.39 is 0 Å². The fourth-order valence-corrected chi connectivity index (χ4v) is 9.69. The van der Waals surface area contributed by atoms with Crippen LogP contribution < -0.4 is 14.7 Å². The number of allylic oxidation sites excluding steroid dienone is 1. The van der Waals surface area contributed by atoms with Gasteiger partial charge in [-0.3, -0.25) is 0 Å². The summed E-state index contributed by atoms with van der Waals surface area (Å²) in [7, 11) is 0. The number of aryl methyl sites for hydroxylation is 1. The van der Waals surface area contributed by atoms with Crippen molar-refractivity contribution < 1.29 is 4.42 Å². The first-order valence-electron chi connectivity index (χ1n) is 22.3. The van der Waals surface area contributed by atoms with Crippen molar-refractivity contribution in [1.29, 1.82) is 0 Å². The molecule has 310 valence electrons. The number of anilines is 8. The first kappa shape index (κ1) is 38.2. The molecule has 0 amide bonds. The highest BCUT2D eigenvalue weighted by Crippen LogP contribution is 2.45. The first-order valence-corrected chi connectivity index (χ1v) is 22.3. The van der Waals surface area contributed by atoms with Crippen LogP contribution in [0.2, 0.25) is 0 Å². The second kappa shape index (κ2) is 16.3. The van der Waals surface area contributed by atoms with E-state index in [2.05, 4.69) is 262 Å². The van der Waals surface area contributed by atoms with E-state index in [0.29, 0.717) is 0 Å². The molecule has 65 heavy (non-hydrogen) atoms. The fraction of sp³-hybridized carbons (Fsp3) is 0.0333. The van der Waals surface area contributed by atoms with Crippen LogP contribution in [0.5, 0.6) is 0 Å². The molecule has 0 saturated heterocycles. The molecular weight excluding hydrogens is 793 g/mol. The Labute approximate surface area is 378 Å². The van der Waals surface area contributed by atoms with Crippen LogP contribution in [0.1, 0.15) is 17.7 Å². The van der Waals surface area contributed by atoms with Crippen molar-refractivity contribution in [3.8, 4) is 5.69 Å². The monoisotopic (exact) mass is 836 g/mol. The molecule has 0 aliphatic heterocycles. The molecule has 2 aromatic heterocycles. The summed E-state index contributed by atoms with van der Waals surface area (Å²) in [5.41, 5.74) is 15.5. The summed E-state index contributed by atoms with van der Waals surface area (Å²) in [5.74, 6) is 1.03. The highest BCUT2D eigenvalue weighted by Gasteiger charge is 2.25. The van der Waals surface area contributed by atoms with E-state index in [-0.39, 0.29) is 0 Å². The van der Waals surface area contributed by atoms with Crippen molar-refractivity contribution in [2.45, 2.75) is 12.8 Å². The van der Waals surface area contributed by atoms with Crippen LogP contribution >= 0.6 is 0 Å². The Morgan fingerprint density at radius 3 is 1.18 bits per heavy atom. The molecule has 5 heteroatoms. The zero-order valence-electron chi connectivity index (χ0n) is 35.7. The minimum absolute atomic E-state index is 0.819. The Balaban J connectivity index is 1.03. The Bertz CT molecular complexity index is 3390. The van der Waals surface area contributed by atoms with Gasteiger partial charge in [0.2, 0.25) is 0 Å². The van der Waals surface area contributed by atoms with Crippen LogP contribution in [0.15, 0.2) is 247 Å². The molecule has 0 bridgehead atoms. The summed E-state index contributed by atoms with van der Waals surface area (Å²) >= 11 is 0. The summed E-state index contributed by atoms with van der Waals surface area (Å²) in [6, 6.07) is 84.4. The maximum absolute atomic E-state index is 6.63. The molecule has 5 nitrogen and oxygen atoms in total. The van der Waals surface area contributed by atoms with Crippen molar-refractivity contribution in [2.75, 3.05) is 14.7 Å². The third-order valence-corrected chi connectivity index (χ3v) is 12.6. The smallest absolute Gasteiger partial charge is 0.135 e. The molecule has 0 radical (unpaired) electrons. The van der Waals surface area contributed by atoms with Crippen molar-refractivity contribution in [3.63, 3.8) is 0 Å². The third kappa shape index (κ3) is 6.91. The molecule has 0 N–H and O–H groups in total. The standard InChI is InChI=1S/C60H44N4O/c1-7-19-43(20-8-1)61(44-21-9-2-10-22-44)49-31-35-57-53(39-49)54-40-50(32-36-58(54)64(57)48-29-17-6-18-30-48)63(47-27-15-5-16-28-47)52-34-38-60-56(42-52)55-41-51(33-37-59(55)65-60)62(45-23-11-3-12-24-45)46-25-13-4-14-26-46/h1-32,34-36,38-42H,33,37H2. The largest absolute Gasteiger partial charge is 0.460 e. The number of hydrogen-bond donors (Lipinski definition) is 0. The van der Waals surface area contributed by atoms with Gasteiger partial charge in [0.15, 0.2) is 0 Å². The second-order valence-electron chi connectivity index (χ2n) is 16.5. The van der Waals surface area contributed by atoms with Gasteiger partial charge in [0.25, 0.3) is 0 Å². The van der Waals surface area contributed by atoms with Crippen LogP contribution in [0.25, 0.3) is 44.5 Å². The number of benzene rings is 9. The maximum atomic E-state index is 6.63. The first-order chi connectivity index (χ1) is 32.2. The average molecular weight is 837 g/mol. The normalized spacial score (nSPS) is 12.3. The summed E-state index contributed by atoms with van der Waals surface area (Å²) in [4.78, 5) is 7.10. The SMILES string of the molecule is C1=C(N(c2ccccc2)c2ccccc2)CCc2oc3ccc(N(c4ccccc4)c4ccc5c(c4)c4cc(N(c6ccccc6)c6ccccc6)ccc4n5-c4ccccc4)cc3c21. The highest BCUT2D eigenvalue weighted by molar-refractivity contribution is 6.12. The van der Waals surface area contributed by atoms with Crippen molar-refractivity contribution in [2.24, 2.45) is 0 Å². The van der Waals surface area contributed by atoms with E-state index in [9.17, 15) is 0 Å². The molecular formula is C60H44N4O. The number of fused-ring (bicyclic) bond motifs is 6. The Morgan fingerprint density at radius 2 is 0.723 bits per heavy atom. The quantitative estimate of drug-likeness (QED) is 0.137. The van der Waals surface area contributed by atoms with Gasteiger partial charge >= 0.3 is 0 Å². The Kier molecular flexibility index (Phi) is 9.57.